The van der Waals surface area contributed by atoms with Gasteiger partial charge in [-0.3, -0.25) is 6.08 Å². The van der Waals surface area contributed by atoms with Crippen LogP contribution in [0.4, 0.5) is 0 Å². The first-order valence-electron chi connectivity index (χ1n) is 4.04. The van der Waals surface area contributed by atoms with Gasteiger partial charge in [0.2, 0.25) is 0 Å². The summed E-state index contributed by atoms with van der Waals surface area (Å²) in [5.74, 6) is 0. The van der Waals surface area contributed by atoms with Gasteiger partial charge in [0.1, 0.15) is 0 Å². The zero-order valence-electron chi connectivity index (χ0n) is 9.13. The predicted molar refractivity (Wildman–Crippen MR) is 72.6 cm³/mol. The fourth-order valence-corrected chi connectivity index (χ4v) is 1.41. The first-order chi connectivity index (χ1) is 5.86. The molecule has 0 radical (unpaired) electrons. The molecule has 0 aromatic rings. The maximum absolute atomic E-state index is 3.44. The molecule has 0 nitrogen and oxygen atoms in total. The molecule has 0 atom stereocenters. The Morgan fingerprint density at radius 1 is 1.14 bits per heavy atom. The van der Waals surface area contributed by atoms with Crippen LogP contribution in [0.3, 0.4) is 0 Å². The Labute approximate surface area is 133 Å². The van der Waals surface area contributed by atoms with Crippen molar-refractivity contribution in [2.45, 2.75) is 34.6 Å². The van der Waals surface area contributed by atoms with Gasteiger partial charge < -0.3 is 0 Å². The van der Waals surface area contributed by atoms with Gasteiger partial charge >= 0.3 is 50.5 Å². The van der Waals surface area contributed by atoms with Crippen molar-refractivity contribution in [3.63, 3.8) is 0 Å². The molecule has 0 fully saturated rings. The Bertz CT molecular complexity index is 242. The van der Waals surface area contributed by atoms with Crippen molar-refractivity contribution in [1.82, 2.24) is 0 Å². The van der Waals surface area contributed by atoms with Crippen LogP contribution < -0.4 is 13.3 Å². The average molecular weight is 564 g/mol. The summed E-state index contributed by atoms with van der Waals surface area (Å²) in [6.45, 7) is 10.9. The maximum atomic E-state index is 3.44. The standard InChI is InChI=1S/C10H15.I3.Ti/c1-7-6-10(4,5)9(3)8(7)2;1-3-2;/h1-5H3;;/q2*-1;. The summed E-state index contributed by atoms with van der Waals surface area (Å²) in [5, 5.41) is 0. The molecule has 0 heterocycles. The van der Waals surface area contributed by atoms with E-state index in [2.05, 4.69) is 77.9 Å². The average Bonchev–Trinajstić information content (AvgIpc) is 2.16. The van der Waals surface area contributed by atoms with E-state index in [0.717, 1.165) is 0 Å². The minimum atomic E-state index is 0. The van der Waals surface area contributed by atoms with E-state index in [9.17, 15) is 0 Å². The molecule has 0 amide bonds. The molecular weight excluding hydrogens is 549 g/mol. The van der Waals surface area contributed by atoms with E-state index in [1.54, 1.807) is 0 Å². The first-order valence-corrected chi connectivity index (χ1v) is 16.6. The van der Waals surface area contributed by atoms with Crippen molar-refractivity contribution >= 4 is 37.2 Å². The van der Waals surface area contributed by atoms with Crippen molar-refractivity contribution in [3.8, 4) is 0 Å². The van der Waals surface area contributed by atoms with E-state index in [-0.39, 0.29) is 27.1 Å². The number of hydrogen-bond acceptors (Lipinski definition) is 0. The summed E-state index contributed by atoms with van der Waals surface area (Å²) in [7, 11) is 0. The van der Waals surface area contributed by atoms with E-state index in [0.29, 0.717) is 13.3 Å². The monoisotopic (exact) mass is 564 g/mol. The Kier molecular flexibility index (Phi) is 11.3. The second-order valence-electron chi connectivity index (χ2n) is 3.68. The van der Waals surface area contributed by atoms with Crippen molar-refractivity contribution in [2.75, 3.05) is 0 Å². The summed E-state index contributed by atoms with van der Waals surface area (Å²) in [5.41, 5.74) is 4.39. The number of allylic oxidation sites excluding steroid dienone is 4. The summed E-state index contributed by atoms with van der Waals surface area (Å²) in [6, 6.07) is 0. The minimum Gasteiger partial charge on any atom is 0 e. The molecule has 0 aliphatic heterocycles. The molecule has 0 aromatic heterocycles. The third-order valence-corrected chi connectivity index (χ3v) is 2.56. The largest absolute Gasteiger partial charge is 0 e. The van der Waals surface area contributed by atoms with Crippen LogP contribution in [-0.4, -0.2) is 0 Å². The van der Waals surface area contributed by atoms with Crippen LogP contribution in [0.1, 0.15) is 34.6 Å². The summed E-state index contributed by atoms with van der Waals surface area (Å²) in [4.78, 5) is 0. The van der Waals surface area contributed by atoms with Gasteiger partial charge in [-0.2, -0.15) is 11.1 Å². The molecule has 14 heavy (non-hydrogen) atoms. The van der Waals surface area contributed by atoms with Crippen LogP contribution in [0.25, 0.3) is 0 Å². The minimum absolute atomic E-state index is 0. The zero-order chi connectivity index (χ0) is 10.6. The van der Waals surface area contributed by atoms with Crippen LogP contribution >= 0.6 is 37.2 Å². The second-order valence-corrected chi connectivity index (χ2v) is 19.9. The van der Waals surface area contributed by atoms with Crippen molar-refractivity contribution in [3.05, 3.63) is 22.8 Å². The maximum Gasteiger partial charge on any atom is 0 e. The van der Waals surface area contributed by atoms with Crippen LogP contribution in [0.2, 0.25) is 0 Å². The number of hydrogen-bond donors (Lipinski definition) is 0. The number of halogens is 3. The Morgan fingerprint density at radius 3 is 1.57 bits per heavy atom. The molecule has 82 valence electrons. The van der Waals surface area contributed by atoms with E-state index in [4.69, 9.17) is 0 Å². The fourth-order valence-electron chi connectivity index (χ4n) is 1.41. The normalized spacial score (nSPS) is 18.4. The summed E-state index contributed by atoms with van der Waals surface area (Å²) >= 11 is 5.30. The van der Waals surface area contributed by atoms with Crippen LogP contribution in [0.15, 0.2) is 16.7 Å². The topological polar surface area (TPSA) is 0 Å². The molecule has 0 aromatic carbocycles. The SMILES string of the molecule is CC1=[C-]C(C)(C)C(C)=C1C.I[I-]I.[Ti]. The van der Waals surface area contributed by atoms with Gasteiger partial charge in [0.05, 0.1) is 0 Å². The van der Waals surface area contributed by atoms with Gasteiger partial charge in [-0.25, -0.2) is 5.57 Å². The Balaban J connectivity index is 0. The van der Waals surface area contributed by atoms with Gasteiger partial charge in [-0.15, -0.1) is 6.92 Å². The Morgan fingerprint density at radius 2 is 1.50 bits per heavy atom. The molecule has 0 bridgehead atoms. The molecule has 1 aliphatic carbocycles. The van der Waals surface area contributed by atoms with Gasteiger partial charge in [0.15, 0.2) is 0 Å². The molecule has 0 spiro atoms. The first kappa shape index (κ1) is 18.7. The van der Waals surface area contributed by atoms with Gasteiger partial charge in [0.25, 0.3) is 0 Å². The van der Waals surface area contributed by atoms with Crippen molar-refractivity contribution < 1.29 is 35.0 Å². The Hall–Kier alpha value is 2.38. The predicted octanol–water partition coefficient (Wildman–Crippen LogP) is 1.88. The van der Waals surface area contributed by atoms with Gasteiger partial charge in [-0.1, -0.05) is 33.1 Å². The molecule has 0 saturated carbocycles. The van der Waals surface area contributed by atoms with Gasteiger partial charge in [-0.05, 0) is 0 Å². The molecule has 0 unspecified atom stereocenters. The summed E-state index contributed by atoms with van der Waals surface area (Å²) in [6.07, 6.45) is 3.44. The number of rotatable bonds is 0. The van der Waals surface area contributed by atoms with E-state index >= 15 is 0 Å². The smallest absolute Gasteiger partial charge is 0 e. The molecular formula is C10H15I3Ti-2. The fraction of sp³-hybridized carbons (Fsp3) is 0.600. The van der Waals surface area contributed by atoms with Crippen LogP contribution in [-0.2, 0) is 21.7 Å². The van der Waals surface area contributed by atoms with E-state index in [1.807, 2.05) is 0 Å². The summed E-state index contributed by atoms with van der Waals surface area (Å²) < 4.78 is 0. The van der Waals surface area contributed by atoms with Crippen LogP contribution in [0, 0.1) is 11.5 Å². The van der Waals surface area contributed by atoms with Crippen molar-refractivity contribution in [2.24, 2.45) is 5.41 Å². The van der Waals surface area contributed by atoms with Gasteiger partial charge in [0, 0.05) is 21.7 Å². The van der Waals surface area contributed by atoms with Crippen molar-refractivity contribution in [1.29, 1.82) is 0 Å². The molecule has 0 N–H and O–H groups in total. The second kappa shape index (κ2) is 8.47. The molecule has 0 saturated heterocycles. The third kappa shape index (κ3) is 5.63. The molecule has 4 heteroatoms. The zero-order valence-corrected chi connectivity index (χ0v) is 17.2. The quantitative estimate of drug-likeness (QED) is 0.240. The molecule has 1 rings (SSSR count). The van der Waals surface area contributed by atoms with E-state index < -0.39 is 0 Å². The van der Waals surface area contributed by atoms with Crippen LogP contribution in [0.5, 0.6) is 0 Å². The third-order valence-electron chi connectivity index (χ3n) is 2.56. The molecule has 1 aliphatic rings. The van der Waals surface area contributed by atoms with E-state index in [1.165, 1.54) is 16.7 Å².